The van der Waals surface area contributed by atoms with E-state index < -0.39 is 23.6 Å². The van der Waals surface area contributed by atoms with Crippen molar-refractivity contribution >= 4 is 19.9 Å². The van der Waals surface area contributed by atoms with E-state index in [1.165, 1.54) is 4.90 Å². The van der Waals surface area contributed by atoms with E-state index in [-0.39, 0.29) is 0 Å². The van der Waals surface area contributed by atoms with Gasteiger partial charge in [-0.25, -0.2) is 9.59 Å². The molecule has 0 saturated carbocycles. The van der Waals surface area contributed by atoms with E-state index >= 15 is 0 Å². The molecule has 0 spiro atoms. The van der Waals surface area contributed by atoms with Crippen LogP contribution < -0.4 is 0 Å². The molecule has 1 aliphatic rings. The SMILES string of the molecule is BC(C)(C)OC(=O)N1CC=C[C@H]1C(=O)OCC. The van der Waals surface area contributed by atoms with Crippen LogP contribution in [-0.4, -0.2) is 49.5 Å². The van der Waals surface area contributed by atoms with E-state index in [0.29, 0.717) is 13.2 Å². The number of hydrogen-bond acceptors (Lipinski definition) is 4. The lowest BCUT2D eigenvalue weighted by Crippen LogP contribution is -2.45. The van der Waals surface area contributed by atoms with Crippen molar-refractivity contribution in [3.05, 3.63) is 12.2 Å². The molecule has 1 rings (SSSR count). The van der Waals surface area contributed by atoms with Crippen LogP contribution >= 0.6 is 0 Å². The van der Waals surface area contributed by atoms with Crippen LogP contribution in [0.5, 0.6) is 0 Å². The average Bonchev–Trinajstić information content (AvgIpc) is 2.63. The Morgan fingerprint density at radius 1 is 1.53 bits per heavy atom. The summed E-state index contributed by atoms with van der Waals surface area (Å²) < 4.78 is 10.1. The Balaban J connectivity index is 2.65. The summed E-state index contributed by atoms with van der Waals surface area (Å²) in [5.74, 6) is -0.424. The second-order valence-corrected chi connectivity index (χ2v) is 4.76. The number of ether oxygens (including phenoxy) is 2. The number of rotatable bonds is 3. The Kier molecular flexibility index (Phi) is 4.20. The van der Waals surface area contributed by atoms with Gasteiger partial charge in [0.25, 0.3) is 0 Å². The summed E-state index contributed by atoms with van der Waals surface area (Å²) in [5, 5.41) is 0. The monoisotopic (exact) mass is 239 g/mol. The van der Waals surface area contributed by atoms with Gasteiger partial charge in [0.15, 0.2) is 13.9 Å². The van der Waals surface area contributed by atoms with Crippen LogP contribution in [0, 0.1) is 0 Å². The molecule has 17 heavy (non-hydrogen) atoms. The van der Waals surface area contributed by atoms with Crippen molar-refractivity contribution in [2.24, 2.45) is 0 Å². The molecule has 1 amide bonds. The molecule has 6 heteroatoms. The minimum absolute atomic E-state index is 0.297. The highest BCUT2D eigenvalue weighted by Gasteiger charge is 2.34. The zero-order valence-corrected chi connectivity index (χ0v) is 10.7. The molecule has 0 aliphatic carbocycles. The topological polar surface area (TPSA) is 55.8 Å². The number of carbonyl (C=O) groups is 2. The summed E-state index contributed by atoms with van der Waals surface area (Å²) in [4.78, 5) is 24.8. The largest absolute Gasteiger partial charge is 0.464 e. The predicted molar refractivity (Wildman–Crippen MR) is 65.4 cm³/mol. The van der Waals surface area contributed by atoms with E-state index in [0.717, 1.165) is 0 Å². The molecule has 0 saturated heterocycles. The lowest BCUT2D eigenvalue weighted by molar-refractivity contribution is -0.146. The first kappa shape index (κ1) is 13.6. The maximum atomic E-state index is 11.8. The van der Waals surface area contributed by atoms with Gasteiger partial charge in [0.2, 0.25) is 0 Å². The van der Waals surface area contributed by atoms with E-state index in [2.05, 4.69) is 0 Å². The molecule has 94 valence electrons. The maximum Gasteiger partial charge on any atom is 0.410 e. The fourth-order valence-corrected chi connectivity index (χ4v) is 1.46. The number of amides is 1. The fourth-order valence-electron chi connectivity index (χ4n) is 1.46. The summed E-state index contributed by atoms with van der Waals surface area (Å²) in [7, 11) is 1.79. The van der Waals surface area contributed by atoms with E-state index in [9.17, 15) is 9.59 Å². The van der Waals surface area contributed by atoms with Crippen LogP contribution in [0.2, 0.25) is 0 Å². The van der Waals surface area contributed by atoms with Crippen molar-refractivity contribution in [2.45, 2.75) is 32.3 Å². The smallest absolute Gasteiger partial charge is 0.410 e. The molecule has 0 radical (unpaired) electrons. The molecule has 0 aromatic carbocycles. The zero-order chi connectivity index (χ0) is 13.1. The summed E-state index contributed by atoms with van der Waals surface area (Å²) in [6.07, 6.45) is 2.91. The third-order valence-corrected chi connectivity index (χ3v) is 2.11. The Bertz CT molecular complexity index is 335. The van der Waals surface area contributed by atoms with Crippen molar-refractivity contribution in [1.29, 1.82) is 0 Å². The Hall–Kier alpha value is -1.46. The summed E-state index contributed by atoms with van der Waals surface area (Å²) >= 11 is 0. The minimum Gasteiger partial charge on any atom is -0.464 e. The number of esters is 1. The van der Waals surface area contributed by atoms with Crippen LogP contribution in [0.4, 0.5) is 4.79 Å². The van der Waals surface area contributed by atoms with Crippen LogP contribution in [0.25, 0.3) is 0 Å². The van der Waals surface area contributed by atoms with Crippen molar-refractivity contribution < 1.29 is 19.1 Å². The molecule has 5 nitrogen and oxygen atoms in total. The molecule has 0 aromatic rings. The Morgan fingerprint density at radius 2 is 2.18 bits per heavy atom. The van der Waals surface area contributed by atoms with Gasteiger partial charge in [0, 0.05) is 6.54 Å². The molecule has 0 fully saturated rings. The Morgan fingerprint density at radius 3 is 2.71 bits per heavy atom. The molecular weight excluding hydrogens is 221 g/mol. The molecule has 0 aromatic heterocycles. The number of hydrogen-bond donors (Lipinski definition) is 0. The van der Waals surface area contributed by atoms with Crippen molar-refractivity contribution in [3.8, 4) is 0 Å². The molecule has 1 aliphatic heterocycles. The first-order valence-electron chi connectivity index (χ1n) is 5.68. The van der Waals surface area contributed by atoms with Crippen molar-refractivity contribution in [1.82, 2.24) is 4.90 Å². The highest BCUT2D eigenvalue weighted by atomic mass is 16.6. The first-order chi connectivity index (χ1) is 7.85. The van der Waals surface area contributed by atoms with Crippen molar-refractivity contribution in [2.75, 3.05) is 13.2 Å². The van der Waals surface area contributed by atoms with Gasteiger partial charge in [0.05, 0.1) is 12.1 Å². The van der Waals surface area contributed by atoms with Gasteiger partial charge in [0.1, 0.15) is 0 Å². The molecule has 1 atom stereocenters. The number of nitrogens with zero attached hydrogens (tertiary/aromatic N) is 1. The summed E-state index contributed by atoms with van der Waals surface area (Å²) in [6, 6.07) is -0.662. The van der Waals surface area contributed by atoms with Crippen molar-refractivity contribution in [3.63, 3.8) is 0 Å². The van der Waals surface area contributed by atoms with Crippen LogP contribution in [0.1, 0.15) is 20.8 Å². The quantitative estimate of drug-likeness (QED) is 0.403. The van der Waals surface area contributed by atoms with Crippen LogP contribution in [0.15, 0.2) is 12.2 Å². The normalized spacial score (nSPS) is 19.2. The summed E-state index contributed by atoms with van der Waals surface area (Å²) in [5.41, 5.74) is -0.571. The lowest BCUT2D eigenvalue weighted by atomic mass is 9.86. The van der Waals surface area contributed by atoms with E-state index in [1.54, 1.807) is 40.8 Å². The molecular formula is C11H18BNO4. The van der Waals surface area contributed by atoms with Gasteiger partial charge in [-0.3, -0.25) is 4.90 Å². The number of carbonyl (C=O) groups excluding carboxylic acids is 2. The van der Waals surface area contributed by atoms with Gasteiger partial charge < -0.3 is 9.47 Å². The second-order valence-electron chi connectivity index (χ2n) is 4.76. The molecule has 0 N–H and O–H groups in total. The standard InChI is InChI=1S/C11H18BNO4/c1-4-16-9(14)8-6-5-7-13(8)10(15)17-11(2,3)12/h5-6,8H,4,7,12H2,1-3H3/t8-/m0/s1. The lowest BCUT2D eigenvalue weighted by Gasteiger charge is -2.27. The van der Waals surface area contributed by atoms with Gasteiger partial charge in [-0.1, -0.05) is 12.2 Å². The van der Waals surface area contributed by atoms with Gasteiger partial charge in [-0.15, -0.1) is 0 Å². The predicted octanol–water partition coefficient (Wildman–Crippen LogP) is 0.296. The molecule has 0 bridgehead atoms. The van der Waals surface area contributed by atoms with Gasteiger partial charge in [-0.2, -0.15) is 0 Å². The second kappa shape index (κ2) is 5.25. The average molecular weight is 239 g/mol. The maximum absolute atomic E-state index is 11.8. The summed E-state index contributed by atoms with van der Waals surface area (Å²) in [6.45, 7) is 5.97. The fraction of sp³-hybridized carbons (Fsp3) is 0.636. The third kappa shape index (κ3) is 3.80. The highest BCUT2D eigenvalue weighted by Crippen LogP contribution is 2.15. The highest BCUT2D eigenvalue weighted by molar-refractivity contribution is 6.14. The van der Waals surface area contributed by atoms with E-state index in [4.69, 9.17) is 9.47 Å². The first-order valence-corrected chi connectivity index (χ1v) is 5.68. The molecule has 0 unspecified atom stereocenters. The minimum atomic E-state index is -0.662. The molecule has 1 heterocycles. The van der Waals surface area contributed by atoms with Gasteiger partial charge in [-0.05, 0) is 20.8 Å². The third-order valence-electron chi connectivity index (χ3n) is 2.11. The van der Waals surface area contributed by atoms with Gasteiger partial charge >= 0.3 is 12.1 Å². The Labute approximate surface area is 102 Å². The van der Waals surface area contributed by atoms with Crippen LogP contribution in [-0.2, 0) is 14.3 Å². The van der Waals surface area contributed by atoms with E-state index in [1.807, 2.05) is 0 Å². The zero-order valence-electron chi connectivity index (χ0n) is 10.7. The van der Waals surface area contributed by atoms with Crippen LogP contribution in [0.3, 0.4) is 0 Å².